The normalized spacial score (nSPS) is 13.6. The van der Waals surface area contributed by atoms with Gasteiger partial charge < -0.3 is 15.0 Å². The lowest BCUT2D eigenvalue weighted by Crippen LogP contribution is -2.17. The molecule has 1 N–H and O–H groups in total. The van der Waals surface area contributed by atoms with E-state index in [2.05, 4.69) is 28.9 Å². The lowest BCUT2D eigenvalue weighted by atomic mass is 10.1. The molecule has 1 amide bonds. The average Bonchev–Trinajstić information content (AvgIpc) is 3.17. The van der Waals surface area contributed by atoms with E-state index in [0.717, 1.165) is 30.1 Å². The molecule has 0 aromatic heterocycles. The second kappa shape index (κ2) is 7.88. The molecule has 3 rings (SSSR count). The number of carbonyl (C=O) groups is 1. The maximum Gasteiger partial charge on any atom is 0.255 e. The molecule has 0 spiro atoms. The van der Waals surface area contributed by atoms with Gasteiger partial charge in [0.15, 0.2) is 0 Å². The maximum absolute atomic E-state index is 12.5. The highest BCUT2D eigenvalue weighted by Gasteiger charge is 2.13. The predicted octanol–water partition coefficient (Wildman–Crippen LogP) is 4.28. The van der Waals surface area contributed by atoms with Crippen molar-refractivity contribution in [1.29, 1.82) is 0 Å². The van der Waals surface area contributed by atoms with Gasteiger partial charge in [-0.2, -0.15) is 0 Å². The summed E-state index contributed by atoms with van der Waals surface area (Å²) in [6, 6.07) is 13.5. The topological polar surface area (TPSA) is 41.6 Å². The fourth-order valence-corrected chi connectivity index (χ4v) is 3.17. The number of ether oxygens (including phenoxy) is 1. The predicted molar refractivity (Wildman–Crippen MR) is 103 cm³/mol. The Hall–Kier alpha value is -2.75. The summed E-state index contributed by atoms with van der Waals surface area (Å²) in [5.41, 5.74) is 3.58. The van der Waals surface area contributed by atoms with Gasteiger partial charge in [0.25, 0.3) is 5.91 Å². The van der Waals surface area contributed by atoms with Crippen LogP contribution in [0.3, 0.4) is 0 Å². The SMILES string of the molecule is C=CCc1cc(C(=O)Nc2ccc(N3CCCC3)cc2)ccc1OC. The Morgan fingerprint density at radius 3 is 2.56 bits per heavy atom. The molecule has 2 aromatic rings. The van der Waals surface area contributed by atoms with E-state index in [1.807, 2.05) is 24.3 Å². The third-order valence-electron chi connectivity index (χ3n) is 4.50. The number of amides is 1. The molecule has 0 bridgehead atoms. The number of allylic oxidation sites excluding steroid dienone is 1. The van der Waals surface area contributed by atoms with Gasteiger partial charge in [0.2, 0.25) is 0 Å². The van der Waals surface area contributed by atoms with E-state index in [1.54, 1.807) is 19.3 Å². The number of benzene rings is 2. The van der Waals surface area contributed by atoms with Crippen LogP contribution in [-0.2, 0) is 6.42 Å². The molecule has 0 saturated carbocycles. The van der Waals surface area contributed by atoms with Crippen LogP contribution in [0.4, 0.5) is 11.4 Å². The van der Waals surface area contributed by atoms with E-state index in [0.29, 0.717) is 12.0 Å². The Kier molecular flexibility index (Phi) is 5.39. The van der Waals surface area contributed by atoms with Crippen molar-refractivity contribution in [3.8, 4) is 5.75 Å². The first-order valence-electron chi connectivity index (χ1n) is 8.65. The molecule has 0 aliphatic carbocycles. The minimum absolute atomic E-state index is 0.123. The molecule has 1 aliphatic rings. The first-order chi connectivity index (χ1) is 12.2. The van der Waals surface area contributed by atoms with Gasteiger partial charge in [0, 0.05) is 30.0 Å². The Morgan fingerprint density at radius 1 is 1.20 bits per heavy atom. The molecule has 4 heteroatoms. The number of anilines is 2. The average molecular weight is 336 g/mol. The van der Waals surface area contributed by atoms with Crippen LogP contribution in [0.25, 0.3) is 0 Å². The van der Waals surface area contributed by atoms with Gasteiger partial charge in [-0.3, -0.25) is 4.79 Å². The molecule has 25 heavy (non-hydrogen) atoms. The molecule has 0 unspecified atom stereocenters. The zero-order chi connectivity index (χ0) is 17.6. The van der Waals surface area contributed by atoms with E-state index in [4.69, 9.17) is 4.74 Å². The Balaban J connectivity index is 1.71. The van der Waals surface area contributed by atoms with Gasteiger partial charge >= 0.3 is 0 Å². The van der Waals surface area contributed by atoms with Gasteiger partial charge in [0.1, 0.15) is 5.75 Å². The number of hydrogen-bond acceptors (Lipinski definition) is 3. The minimum Gasteiger partial charge on any atom is -0.496 e. The maximum atomic E-state index is 12.5. The summed E-state index contributed by atoms with van der Waals surface area (Å²) in [6.07, 6.45) is 4.97. The summed E-state index contributed by atoms with van der Waals surface area (Å²) in [4.78, 5) is 14.9. The molecule has 2 aromatic carbocycles. The van der Waals surface area contributed by atoms with Crippen LogP contribution in [-0.4, -0.2) is 26.1 Å². The van der Waals surface area contributed by atoms with E-state index >= 15 is 0 Å². The third kappa shape index (κ3) is 4.02. The summed E-state index contributed by atoms with van der Waals surface area (Å²) in [5, 5.41) is 2.96. The van der Waals surface area contributed by atoms with Crippen LogP contribution in [0.15, 0.2) is 55.1 Å². The van der Waals surface area contributed by atoms with Crippen LogP contribution < -0.4 is 15.0 Å². The number of nitrogens with one attached hydrogen (secondary N) is 1. The second-order valence-corrected chi connectivity index (χ2v) is 6.21. The first kappa shape index (κ1) is 17.1. The van der Waals surface area contributed by atoms with E-state index < -0.39 is 0 Å². The van der Waals surface area contributed by atoms with E-state index in [9.17, 15) is 4.79 Å². The van der Waals surface area contributed by atoms with Gasteiger partial charge in [-0.15, -0.1) is 6.58 Å². The molecule has 1 heterocycles. The fraction of sp³-hybridized carbons (Fsp3) is 0.286. The van der Waals surface area contributed by atoms with E-state index in [-0.39, 0.29) is 5.91 Å². The van der Waals surface area contributed by atoms with Crippen LogP contribution in [0.5, 0.6) is 5.75 Å². The number of hydrogen-bond donors (Lipinski definition) is 1. The van der Waals surface area contributed by atoms with Crippen LogP contribution in [0.2, 0.25) is 0 Å². The highest BCUT2D eigenvalue weighted by Crippen LogP contribution is 2.24. The molecule has 1 saturated heterocycles. The van der Waals surface area contributed by atoms with Crippen molar-refractivity contribution < 1.29 is 9.53 Å². The molecule has 0 radical (unpaired) electrons. The van der Waals surface area contributed by atoms with Crippen molar-refractivity contribution in [3.63, 3.8) is 0 Å². The van der Waals surface area contributed by atoms with Crippen LogP contribution in [0.1, 0.15) is 28.8 Å². The van der Waals surface area contributed by atoms with Crippen molar-refractivity contribution in [1.82, 2.24) is 0 Å². The standard InChI is InChI=1S/C21H24N2O2/c1-3-6-16-15-17(7-12-20(16)25-2)21(24)22-18-8-10-19(11-9-18)23-13-4-5-14-23/h3,7-12,15H,1,4-6,13-14H2,2H3,(H,22,24). The highest BCUT2D eigenvalue weighted by atomic mass is 16.5. The summed E-state index contributed by atoms with van der Waals surface area (Å²) in [5.74, 6) is 0.647. The molecule has 1 aliphatic heterocycles. The molecule has 4 nitrogen and oxygen atoms in total. The largest absolute Gasteiger partial charge is 0.496 e. The van der Waals surface area contributed by atoms with Crippen LogP contribution >= 0.6 is 0 Å². The van der Waals surface area contributed by atoms with Gasteiger partial charge in [0.05, 0.1) is 7.11 Å². The van der Waals surface area contributed by atoms with Crippen molar-refractivity contribution in [2.45, 2.75) is 19.3 Å². The summed E-state index contributed by atoms with van der Waals surface area (Å²) >= 11 is 0. The zero-order valence-corrected chi connectivity index (χ0v) is 14.6. The number of rotatable bonds is 6. The highest BCUT2D eigenvalue weighted by molar-refractivity contribution is 6.04. The quantitative estimate of drug-likeness (QED) is 0.801. The monoisotopic (exact) mass is 336 g/mol. The summed E-state index contributed by atoms with van der Waals surface area (Å²) in [6.45, 7) is 5.98. The Bertz CT molecular complexity index is 747. The van der Waals surface area contributed by atoms with Crippen molar-refractivity contribution in [2.24, 2.45) is 0 Å². The van der Waals surface area contributed by atoms with Gasteiger partial charge in [-0.25, -0.2) is 0 Å². The minimum atomic E-state index is -0.123. The van der Waals surface area contributed by atoms with Crippen LogP contribution in [0, 0.1) is 0 Å². The molecule has 1 fully saturated rings. The Labute approximate surface area is 149 Å². The van der Waals surface area contributed by atoms with Crippen molar-refractivity contribution in [2.75, 3.05) is 30.4 Å². The lowest BCUT2D eigenvalue weighted by molar-refractivity contribution is 0.102. The molecule has 0 atom stereocenters. The second-order valence-electron chi connectivity index (χ2n) is 6.21. The number of nitrogens with zero attached hydrogens (tertiary/aromatic N) is 1. The Morgan fingerprint density at radius 2 is 1.92 bits per heavy atom. The smallest absolute Gasteiger partial charge is 0.255 e. The van der Waals surface area contributed by atoms with Gasteiger partial charge in [-0.05, 0) is 67.3 Å². The fourth-order valence-electron chi connectivity index (χ4n) is 3.17. The summed E-state index contributed by atoms with van der Waals surface area (Å²) < 4.78 is 5.33. The third-order valence-corrected chi connectivity index (χ3v) is 4.50. The van der Waals surface area contributed by atoms with Crippen molar-refractivity contribution >= 4 is 17.3 Å². The van der Waals surface area contributed by atoms with Crippen molar-refractivity contribution in [3.05, 3.63) is 66.2 Å². The number of methoxy groups -OCH3 is 1. The number of carbonyl (C=O) groups excluding carboxylic acids is 1. The van der Waals surface area contributed by atoms with E-state index in [1.165, 1.54) is 18.5 Å². The summed E-state index contributed by atoms with van der Waals surface area (Å²) in [7, 11) is 1.63. The van der Waals surface area contributed by atoms with Gasteiger partial charge in [-0.1, -0.05) is 6.08 Å². The zero-order valence-electron chi connectivity index (χ0n) is 14.6. The lowest BCUT2D eigenvalue weighted by Gasteiger charge is -2.17. The molecular formula is C21H24N2O2. The first-order valence-corrected chi connectivity index (χ1v) is 8.65. The molecular weight excluding hydrogens is 312 g/mol. The molecule has 130 valence electrons.